The maximum atomic E-state index is 11.0. The second kappa shape index (κ2) is 9.84. The van der Waals surface area contributed by atoms with E-state index in [4.69, 9.17) is 9.29 Å². The molecule has 0 radical (unpaired) electrons. The van der Waals surface area contributed by atoms with Gasteiger partial charge in [-0.2, -0.15) is 0 Å². The number of aryl methyl sites for hydroxylation is 2. The Morgan fingerprint density at radius 2 is 1.64 bits per heavy atom. The van der Waals surface area contributed by atoms with E-state index in [2.05, 4.69) is 5.32 Å². The van der Waals surface area contributed by atoms with Gasteiger partial charge in [0.25, 0.3) is 0 Å². The van der Waals surface area contributed by atoms with Gasteiger partial charge >= 0.3 is 5.97 Å². The highest BCUT2D eigenvalue weighted by Gasteiger charge is 2.00. The molecule has 2 aromatic rings. The molecule has 0 aliphatic rings. The highest BCUT2D eigenvalue weighted by atomic mass is 32.2. The summed E-state index contributed by atoms with van der Waals surface area (Å²) in [5.41, 5.74) is 3.27. The average Bonchev–Trinajstić information content (AvgIpc) is 2.59. The molecule has 25 heavy (non-hydrogen) atoms. The molecule has 2 rings (SSSR count). The van der Waals surface area contributed by atoms with Crippen LogP contribution in [0.5, 0.6) is 5.75 Å². The van der Waals surface area contributed by atoms with Crippen LogP contribution in [-0.2, 0) is 28.7 Å². The topological polar surface area (TPSA) is 75.6 Å². The van der Waals surface area contributed by atoms with Gasteiger partial charge in [0, 0.05) is 24.9 Å². The van der Waals surface area contributed by atoms with Crippen LogP contribution in [0.15, 0.2) is 48.5 Å². The van der Waals surface area contributed by atoms with Crippen molar-refractivity contribution in [3.63, 3.8) is 0 Å². The number of carboxylic acid groups (broad SMARTS) is 1. The van der Waals surface area contributed by atoms with Gasteiger partial charge in [0.15, 0.2) is 0 Å². The van der Waals surface area contributed by atoms with Crippen LogP contribution in [0.2, 0.25) is 0 Å². The van der Waals surface area contributed by atoms with Crippen LogP contribution in [-0.4, -0.2) is 28.1 Å². The summed E-state index contributed by atoms with van der Waals surface area (Å²) in [5, 5.41) is 12.1. The Labute approximate surface area is 150 Å². The molecule has 1 atom stereocenters. The first-order chi connectivity index (χ1) is 12.0. The van der Waals surface area contributed by atoms with Crippen LogP contribution in [0.25, 0.3) is 0 Å². The standard InChI is InChI=1S/C19H23NO4S/c1-25(23)24-18-11-6-15(7-12-18)3-2-14-20-17-9-4-16(5-10-17)8-13-19(21)22/h4-7,9-12,20H,2-3,8,13-14H2,1H3,(H,21,22). The van der Waals surface area contributed by atoms with Crippen molar-refractivity contribution < 1.29 is 18.3 Å². The minimum absolute atomic E-state index is 0.158. The Balaban J connectivity index is 1.70. The van der Waals surface area contributed by atoms with Crippen LogP contribution in [0, 0.1) is 0 Å². The third kappa shape index (κ3) is 7.39. The molecular formula is C19H23NO4S. The van der Waals surface area contributed by atoms with E-state index in [0.717, 1.165) is 30.6 Å². The number of carboxylic acids is 1. The molecule has 0 fully saturated rings. The van der Waals surface area contributed by atoms with Crippen molar-refractivity contribution in [1.29, 1.82) is 0 Å². The minimum atomic E-state index is -1.30. The Bertz CT molecular complexity index is 698. The van der Waals surface area contributed by atoms with Crippen molar-refractivity contribution in [2.45, 2.75) is 25.7 Å². The molecule has 0 aromatic heterocycles. The van der Waals surface area contributed by atoms with Gasteiger partial charge in [0.1, 0.15) is 5.75 Å². The second-order valence-electron chi connectivity index (χ2n) is 5.75. The molecule has 1 unspecified atom stereocenters. The zero-order valence-corrected chi connectivity index (χ0v) is 15.1. The number of benzene rings is 2. The SMILES string of the molecule is CS(=O)Oc1ccc(CCCNc2ccc(CCC(=O)O)cc2)cc1. The number of carbonyl (C=O) groups is 1. The molecule has 0 spiro atoms. The van der Waals surface area contributed by atoms with Gasteiger partial charge in [-0.05, 0) is 54.7 Å². The summed E-state index contributed by atoms with van der Waals surface area (Å²) >= 11 is -1.30. The average molecular weight is 361 g/mol. The number of rotatable bonds is 10. The molecule has 134 valence electrons. The van der Waals surface area contributed by atoms with E-state index < -0.39 is 17.0 Å². The lowest BCUT2D eigenvalue weighted by atomic mass is 10.1. The van der Waals surface area contributed by atoms with E-state index in [9.17, 15) is 9.00 Å². The smallest absolute Gasteiger partial charge is 0.303 e. The maximum absolute atomic E-state index is 11.0. The fraction of sp³-hybridized carbons (Fsp3) is 0.316. The predicted molar refractivity (Wildman–Crippen MR) is 100 cm³/mol. The van der Waals surface area contributed by atoms with Gasteiger partial charge in [-0.3, -0.25) is 4.79 Å². The molecule has 0 aliphatic carbocycles. The van der Waals surface area contributed by atoms with E-state index in [1.807, 2.05) is 48.5 Å². The number of hydrogen-bond acceptors (Lipinski definition) is 4. The first kappa shape index (κ1) is 19.0. The Hall–Kier alpha value is -2.34. The molecule has 2 N–H and O–H groups in total. The predicted octanol–water partition coefficient (Wildman–Crippen LogP) is 3.42. The highest BCUT2D eigenvalue weighted by Crippen LogP contribution is 2.15. The van der Waals surface area contributed by atoms with E-state index in [1.165, 1.54) is 11.8 Å². The van der Waals surface area contributed by atoms with Crippen LogP contribution < -0.4 is 9.50 Å². The minimum Gasteiger partial charge on any atom is -0.481 e. The monoisotopic (exact) mass is 361 g/mol. The van der Waals surface area contributed by atoms with E-state index in [-0.39, 0.29) is 6.42 Å². The first-order valence-corrected chi connectivity index (χ1v) is 9.66. The van der Waals surface area contributed by atoms with Gasteiger partial charge in [0.05, 0.1) is 0 Å². The number of hydrogen-bond donors (Lipinski definition) is 2. The van der Waals surface area contributed by atoms with Gasteiger partial charge < -0.3 is 14.6 Å². The van der Waals surface area contributed by atoms with Crippen molar-refractivity contribution in [3.05, 3.63) is 59.7 Å². The Morgan fingerprint density at radius 3 is 2.24 bits per heavy atom. The normalized spacial score (nSPS) is 11.7. The summed E-state index contributed by atoms with van der Waals surface area (Å²) < 4.78 is 16.1. The van der Waals surface area contributed by atoms with Crippen LogP contribution >= 0.6 is 0 Å². The molecule has 0 heterocycles. The molecule has 0 bridgehead atoms. The van der Waals surface area contributed by atoms with Gasteiger partial charge in [-0.15, -0.1) is 0 Å². The Morgan fingerprint density at radius 1 is 1.04 bits per heavy atom. The molecule has 0 saturated heterocycles. The number of nitrogens with one attached hydrogen (secondary N) is 1. The van der Waals surface area contributed by atoms with Crippen LogP contribution in [0.3, 0.4) is 0 Å². The molecule has 0 aliphatic heterocycles. The van der Waals surface area contributed by atoms with Crippen molar-refractivity contribution in [2.75, 3.05) is 18.1 Å². The third-order valence-electron chi connectivity index (χ3n) is 3.69. The number of aliphatic carboxylic acids is 1. The summed E-state index contributed by atoms with van der Waals surface area (Å²) in [6.45, 7) is 0.853. The van der Waals surface area contributed by atoms with Crippen molar-refractivity contribution in [2.24, 2.45) is 0 Å². The molecule has 5 nitrogen and oxygen atoms in total. The van der Waals surface area contributed by atoms with E-state index in [1.54, 1.807) is 0 Å². The van der Waals surface area contributed by atoms with E-state index in [0.29, 0.717) is 12.2 Å². The summed E-state index contributed by atoms with van der Waals surface area (Å²) in [4.78, 5) is 10.6. The zero-order valence-electron chi connectivity index (χ0n) is 14.2. The molecule has 6 heteroatoms. The van der Waals surface area contributed by atoms with Crippen molar-refractivity contribution in [3.8, 4) is 5.75 Å². The lowest BCUT2D eigenvalue weighted by Gasteiger charge is -2.08. The van der Waals surface area contributed by atoms with Gasteiger partial charge in [-0.25, -0.2) is 4.21 Å². The molecule has 0 saturated carbocycles. The Kier molecular flexibility index (Phi) is 7.47. The largest absolute Gasteiger partial charge is 0.481 e. The summed E-state index contributed by atoms with van der Waals surface area (Å²) in [7, 11) is 0. The zero-order chi connectivity index (χ0) is 18.1. The number of anilines is 1. The second-order valence-corrected chi connectivity index (χ2v) is 6.72. The van der Waals surface area contributed by atoms with Gasteiger partial charge in [-0.1, -0.05) is 24.3 Å². The van der Waals surface area contributed by atoms with Gasteiger partial charge in [0.2, 0.25) is 11.1 Å². The van der Waals surface area contributed by atoms with Crippen LogP contribution in [0.4, 0.5) is 5.69 Å². The first-order valence-electron chi connectivity index (χ1n) is 8.18. The highest BCUT2D eigenvalue weighted by molar-refractivity contribution is 7.79. The maximum Gasteiger partial charge on any atom is 0.303 e. The molecule has 2 aromatic carbocycles. The summed E-state index contributed by atoms with van der Waals surface area (Å²) in [5.74, 6) is -0.157. The summed E-state index contributed by atoms with van der Waals surface area (Å²) in [6, 6.07) is 15.5. The quantitative estimate of drug-likeness (QED) is 0.634. The fourth-order valence-corrected chi connectivity index (χ4v) is 2.80. The third-order valence-corrected chi connectivity index (χ3v) is 4.12. The van der Waals surface area contributed by atoms with Crippen molar-refractivity contribution in [1.82, 2.24) is 0 Å². The lowest BCUT2D eigenvalue weighted by molar-refractivity contribution is -0.136. The van der Waals surface area contributed by atoms with E-state index >= 15 is 0 Å². The van der Waals surface area contributed by atoms with Crippen molar-refractivity contribution >= 4 is 22.7 Å². The lowest BCUT2D eigenvalue weighted by Crippen LogP contribution is -2.03. The van der Waals surface area contributed by atoms with Crippen LogP contribution in [0.1, 0.15) is 24.0 Å². The molecule has 0 amide bonds. The fourth-order valence-electron chi connectivity index (χ4n) is 2.41. The summed E-state index contributed by atoms with van der Waals surface area (Å²) in [6.07, 6.45) is 4.14. The molecular weight excluding hydrogens is 338 g/mol.